The molecule has 0 atom stereocenters. The van der Waals surface area contributed by atoms with Gasteiger partial charge >= 0.3 is 0 Å². The molecule has 1 aliphatic heterocycles. The normalized spacial score (nSPS) is 12.4. The van der Waals surface area contributed by atoms with Crippen molar-refractivity contribution in [1.29, 1.82) is 0 Å². The van der Waals surface area contributed by atoms with Crippen LogP contribution in [0.1, 0.15) is 17.3 Å². The van der Waals surface area contributed by atoms with E-state index in [1.54, 1.807) is 18.2 Å². The number of carbonyl (C=O) groups is 1. The molecule has 0 saturated heterocycles. The second-order valence-corrected chi connectivity index (χ2v) is 6.11. The minimum absolute atomic E-state index is 0.126. The molecule has 1 aliphatic rings. The molecule has 7 heteroatoms. The summed E-state index contributed by atoms with van der Waals surface area (Å²) in [4.78, 5) is 16.9. The second kappa shape index (κ2) is 6.01. The van der Waals surface area contributed by atoms with E-state index in [0.717, 1.165) is 16.0 Å². The van der Waals surface area contributed by atoms with Gasteiger partial charge in [0.05, 0.1) is 22.4 Å². The van der Waals surface area contributed by atoms with E-state index in [1.807, 2.05) is 25.1 Å². The number of rotatable bonds is 4. The topological polar surface area (TPSA) is 69.7 Å². The molecule has 1 N–H and O–H groups in total. The van der Waals surface area contributed by atoms with E-state index in [2.05, 4.69) is 10.3 Å². The Balaban J connectivity index is 1.60. The molecule has 6 nitrogen and oxygen atoms in total. The van der Waals surface area contributed by atoms with Crippen molar-refractivity contribution in [3.05, 3.63) is 42.0 Å². The minimum atomic E-state index is -0.276. The van der Waals surface area contributed by atoms with E-state index in [9.17, 15) is 4.79 Å². The zero-order valence-corrected chi connectivity index (χ0v) is 13.7. The summed E-state index contributed by atoms with van der Waals surface area (Å²) in [5, 5.41) is 3.35. The van der Waals surface area contributed by atoms with Gasteiger partial charge in [-0.1, -0.05) is 17.4 Å². The van der Waals surface area contributed by atoms with Crippen molar-refractivity contribution in [1.82, 2.24) is 4.98 Å². The van der Waals surface area contributed by atoms with E-state index < -0.39 is 0 Å². The summed E-state index contributed by atoms with van der Waals surface area (Å²) >= 11 is 1.40. The number of anilines is 1. The lowest BCUT2D eigenvalue weighted by atomic mass is 10.2. The van der Waals surface area contributed by atoms with Crippen LogP contribution >= 0.6 is 11.3 Å². The number of thiazole rings is 1. The van der Waals surface area contributed by atoms with Gasteiger partial charge in [-0.05, 0) is 37.3 Å². The molecule has 1 amide bonds. The number of nitrogens with zero attached hydrogens (tertiary/aromatic N) is 1. The molecule has 0 radical (unpaired) electrons. The van der Waals surface area contributed by atoms with Gasteiger partial charge in [0.2, 0.25) is 6.79 Å². The van der Waals surface area contributed by atoms with Crippen LogP contribution in [0.3, 0.4) is 0 Å². The van der Waals surface area contributed by atoms with Crippen LogP contribution in [-0.4, -0.2) is 24.3 Å². The smallest absolute Gasteiger partial charge is 0.261 e. The van der Waals surface area contributed by atoms with E-state index in [4.69, 9.17) is 14.2 Å². The molecule has 0 fully saturated rings. The van der Waals surface area contributed by atoms with Gasteiger partial charge in [0.15, 0.2) is 16.6 Å². The summed E-state index contributed by atoms with van der Waals surface area (Å²) in [6, 6.07) is 10.9. The third kappa shape index (κ3) is 2.63. The highest BCUT2D eigenvalue weighted by Crippen LogP contribution is 2.36. The first kappa shape index (κ1) is 14.8. The van der Waals surface area contributed by atoms with Crippen molar-refractivity contribution in [2.45, 2.75) is 6.92 Å². The number of para-hydroxylation sites is 1. The quantitative estimate of drug-likeness (QED) is 0.783. The van der Waals surface area contributed by atoms with Crippen LogP contribution < -0.4 is 19.5 Å². The average molecular weight is 342 g/mol. The van der Waals surface area contributed by atoms with E-state index >= 15 is 0 Å². The van der Waals surface area contributed by atoms with E-state index in [0.29, 0.717) is 28.8 Å². The van der Waals surface area contributed by atoms with Crippen LogP contribution in [0.25, 0.3) is 10.2 Å². The molecule has 0 saturated carbocycles. The molecule has 2 heterocycles. The van der Waals surface area contributed by atoms with Crippen molar-refractivity contribution in [3.8, 4) is 17.2 Å². The summed E-state index contributed by atoms with van der Waals surface area (Å²) in [5.74, 6) is 1.56. The van der Waals surface area contributed by atoms with Crippen molar-refractivity contribution >= 4 is 32.6 Å². The maximum Gasteiger partial charge on any atom is 0.261 e. The number of ether oxygens (including phenoxy) is 3. The van der Waals surface area contributed by atoms with Gasteiger partial charge in [-0.3, -0.25) is 10.1 Å². The predicted molar refractivity (Wildman–Crippen MR) is 91.3 cm³/mol. The first-order valence-corrected chi connectivity index (χ1v) is 8.29. The Hall–Kier alpha value is -2.80. The minimum Gasteiger partial charge on any atom is -0.494 e. The lowest BCUT2D eigenvalue weighted by Crippen LogP contribution is -2.12. The van der Waals surface area contributed by atoms with Gasteiger partial charge in [0.25, 0.3) is 5.91 Å². The second-order valence-electron chi connectivity index (χ2n) is 5.08. The van der Waals surface area contributed by atoms with Crippen LogP contribution in [0.5, 0.6) is 17.2 Å². The highest BCUT2D eigenvalue weighted by Gasteiger charge is 2.22. The zero-order valence-electron chi connectivity index (χ0n) is 12.9. The van der Waals surface area contributed by atoms with E-state index in [-0.39, 0.29) is 12.7 Å². The number of amides is 1. The van der Waals surface area contributed by atoms with Crippen LogP contribution in [0.2, 0.25) is 0 Å². The van der Waals surface area contributed by atoms with Crippen molar-refractivity contribution in [3.63, 3.8) is 0 Å². The molecule has 0 bridgehead atoms. The molecule has 0 spiro atoms. The highest BCUT2D eigenvalue weighted by molar-refractivity contribution is 7.22. The number of benzene rings is 2. The Bertz CT molecular complexity index is 922. The fourth-order valence-corrected chi connectivity index (χ4v) is 3.38. The van der Waals surface area contributed by atoms with E-state index in [1.165, 1.54) is 11.3 Å². The Morgan fingerprint density at radius 2 is 2.25 bits per heavy atom. The number of hydrogen-bond donors (Lipinski definition) is 1. The Labute approximate surface area is 142 Å². The fourth-order valence-electron chi connectivity index (χ4n) is 2.49. The SMILES string of the molecule is CCOc1ccc2nc(NC(=O)c3cccc4c3OCO4)sc2c1. The van der Waals surface area contributed by atoms with Crippen molar-refractivity contribution < 1.29 is 19.0 Å². The Kier molecular flexibility index (Phi) is 3.70. The van der Waals surface area contributed by atoms with Crippen LogP contribution in [0.15, 0.2) is 36.4 Å². The molecule has 3 aromatic rings. The van der Waals surface area contributed by atoms with Crippen molar-refractivity contribution in [2.75, 3.05) is 18.7 Å². The number of carbonyl (C=O) groups excluding carboxylic acids is 1. The van der Waals surface area contributed by atoms with Crippen molar-refractivity contribution in [2.24, 2.45) is 0 Å². The summed E-state index contributed by atoms with van der Waals surface area (Å²) in [7, 11) is 0. The molecule has 24 heavy (non-hydrogen) atoms. The molecular formula is C17H14N2O4S. The maximum atomic E-state index is 12.5. The first-order valence-electron chi connectivity index (χ1n) is 7.48. The molecule has 1 aromatic heterocycles. The fraction of sp³-hybridized carbons (Fsp3) is 0.176. The zero-order chi connectivity index (χ0) is 16.5. The third-order valence-corrected chi connectivity index (χ3v) is 4.47. The van der Waals surface area contributed by atoms with Gasteiger partial charge < -0.3 is 14.2 Å². The molecule has 122 valence electrons. The van der Waals surface area contributed by atoms with Gasteiger partial charge in [0, 0.05) is 0 Å². The molecule has 2 aromatic carbocycles. The number of fused-ring (bicyclic) bond motifs is 2. The maximum absolute atomic E-state index is 12.5. The molecule has 0 unspecified atom stereocenters. The number of hydrogen-bond acceptors (Lipinski definition) is 6. The summed E-state index contributed by atoms with van der Waals surface area (Å²) in [5.41, 5.74) is 1.25. The number of aromatic nitrogens is 1. The Morgan fingerprint density at radius 1 is 1.33 bits per heavy atom. The lowest BCUT2D eigenvalue weighted by molar-refractivity contribution is 0.102. The standard InChI is InChI=1S/C17H14N2O4S/c1-2-21-10-6-7-12-14(8-10)24-17(18-12)19-16(20)11-4-3-5-13-15(11)23-9-22-13/h3-8H,2,9H2,1H3,(H,18,19,20). The summed E-state index contributed by atoms with van der Waals surface area (Å²) in [6.07, 6.45) is 0. The largest absolute Gasteiger partial charge is 0.494 e. The van der Waals surface area contributed by atoms with Crippen LogP contribution in [0.4, 0.5) is 5.13 Å². The van der Waals surface area contributed by atoms with Gasteiger partial charge in [-0.2, -0.15) is 0 Å². The summed E-state index contributed by atoms with van der Waals surface area (Å²) < 4.78 is 17.1. The summed E-state index contributed by atoms with van der Waals surface area (Å²) in [6.45, 7) is 2.67. The highest BCUT2D eigenvalue weighted by atomic mass is 32.1. The van der Waals surface area contributed by atoms with Gasteiger partial charge in [-0.25, -0.2) is 4.98 Å². The van der Waals surface area contributed by atoms with Crippen LogP contribution in [0, 0.1) is 0 Å². The number of nitrogens with one attached hydrogen (secondary N) is 1. The van der Waals surface area contributed by atoms with Gasteiger partial charge in [-0.15, -0.1) is 0 Å². The van der Waals surface area contributed by atoms with Gasteiger partial charge in [0.1, 0.15) is 5.75 Å². The average Bonchev–Trinajstić information content (AvgIpc) is 3.20. The molecule has 0 aliphatic carbocycles. The third-order valence-electron chi connectivity index (χ3n) is 3.53. The monoisotopic (exact) mass is 342 g/mol. The predicted octanol–water partition coefficient (Wildman–Crippen LogP) is 3.68. The Morgan fingerprint density at radius 3 is 3.12 bits per heavy atom. The van der Waals surface area contributed by atoms with Crippen LogP contribution in [-0.2, 0) is 0 Å². The lowest BCUT2D eigenvalue weighted by Gasteiger charge is -2.04. The molecule has 4 rings (SSSR count). The molecular weight excluding hydrogens is 328 g/mol. The first-order chi connectivity index (χ1) is 11.7.